The van der Waals surface area contributed by atoms with Gasteiger partial charge in [0.2, 0.25) is 5.91 Å². The minimum atomic E-state index is -1.11. The number of thioether (sulfide) groups is 1. The predicted octanol–water partition coefficient (Wildman–Crippen LogP) is 1.90. The van der Waals surface area contributed by atoms with E-state index in [0.717, 1.165) is 23.4 Å². The van der Waals surface area contributed by atoms with Gasteiger partial charge < -0.3 is 15.2 Å². The first-order valence-electron chi connectivity index (χ1n) is 6.78. The average Bonchev–Trinajstić information content (AvgIpc) is 2.47. The summed E-state index contributed by atoms with van der Waals surface area (Å²) >= 11 is 1.55. The number of anilines is 1. The summed E-state index contributed by atoms with van der Waals surface area (Å²) < 4.78 is 0. The Bertz CT molecular complexity index is 504. The maximum Gasteiger partial charge on any atom is 0.228 e. The SMILES string of the molecule is CSc1ccccc1NC(=O)[C@H]1CCCC[C@@H]1C(=O)[O-]. The van der Waals surface area contributed by atoms with Crippen molar-refractivity contribution in [1.29, 1.82) is 0 Å². The van der Waals surface area contributed by atoms with Crippen LogP contribution in [0.2, 0.25) is 0 Å². The third-order valence-electron chi connectivity index (χ3n) is 3.77. The molecule has 2 rings (SSSR count). The van der Waals surface area contributed by atoms with E-state index in [1.165, 1.54) is 0 Å². The predicted molar refractivity (Wildman–Crippen MR) is 77.3 cm³/mol. The largest absolute Gasteiger partial charge is 0.550 e. The first-order valence-corrected chi connectivity index (χ1v) is 8.00. The fourth-order valence-corrected chi connectivity index (χ4v) is 3.25. The van der Waals surface area contributed by atoms with E-state index in [2.05, 4.69) is 5.32 Å². The lowest BCUT2D eigenvalue weighted by Gasteiger charge is -2.31. The molecule has 1 aromatic rings. The molecular formula is C15H18NO3S-. The number of para-hydroxylation sites is 1. The van der Waals surface area contributed by atoms with Gasteiger partial charge in [-0.3, -0.25) is 4.79 Å². The van der Waals surface area contributed by atoms with Crippen LogP contribution in [0.3, 0.4) is 0 Å². The molecular weight excluding hydrogens is 274 g/mol. The Morgan fingerprint density at radius 1 is 1.20 bits per heavy atom. The second kappa shape index (κ2) is 6.79. The number of aliphatic carboxylic acids is 1. The third kappa shape index (κ3) is 3.33. The lowest BCUT2D eigenvalue weighted by atomic mass is 9.78. The molecule has 0 unspecified atom stereocenters. The van der Waals surface area contributed by atoms with Crippen LogP contribution >= 0.6 is 11.8 Å². The van der Waals surface area contributed by atoms with Gasteiger partial charge >= 0.3 is 0 Å². The quantitative estimate of drug-likeness (QED) is 0.861. The lowest BCUT2D eigenvalue weighted by molar-refractivity contribution is -0.313. The van der Waals surface area contributed by atoms with Crippen LogP contribution in [0.5, 0.6) is 0 Å². The third-order valence-corrected chi connectivity index (χ3v) is 4.57. The minimum Gasteiger partial charge on any atom is -0.550 e. The molecule has 1 aliphatic carbocycles. The molecule has 0 aromatic heterocycles. The van der Waals surface area contributed by atoms with E-state index in [-0.39, 0.29) is 5.91 Å². The molecule has 1 saturated carbocycles. The van der Waals surface area contributed by atoms with Crippen LogP contribution in [0.15, 0.2) is 29.2 Å². The molecule has 0 bridgehead atoms. The number of carbonyl (C=O) groups excluding carboxylic acids is 2. The van der Waals surface area contributed by atoms with E-state index in [1.807, 2.05) is 30.5 Å². The summed E-state index contributed by atoms with van der Waals surface area (Å²) in [5.74, 6) is -2.46. The van der Waals surface area contributed by atoms with Crippen molar-refractivity contribution in [3.05, 3.63) is 24.3 Å². The lowest BCUT2D eigenvalue weighted by Crippen LogP contribution is -2.42. The number of amides is 1. The number of carboxylic acids is 1. The molecule has 1 N–H and O–H groups in total. The zero-order valence-corrected chi connectivity index (χ0v) is 12.2. The topological polar surface area (TPSA) is 69.2 Å². The Kier molecular flexibility index (Phi) is 5.06. The highest BCUT2D eigenvalue weighted by molar-refractivity contribution is 7.98. The van der Waals surface area contributed by atoms with Crippen LogP contribution in [-0.2, 0) is 9.59 Å². The molecule has 0 spiro atoms. The maximum absolute atomic E-state index is 12.3. The Morgan fingerprint density at radius 2 is 1.85 bits per heavy atom. The van der Waals surface area contributed by atoms with Crippen molar-refractivity contribution in [1.82, 2.24) is 0 Å². The molecule has 20 heavy (non-hydrogen) atoms. The Labute approximate surface area is 123 Å². The van der Waals surface area contributed by atoms with E-state index in [0.29, 0.717) is 12.8 Å². The van der Waals surface area contributed by atoms with Gasteiger partial charge in [0.25, 0.3) is 0 Å². The van der Waals surface area contributed by atoms with Crippen LogP contribution < -0.4 is 10.4 Å². The molecule has 1 amide bonds. The van der Waals surface area contributed by atoms with Gasteiger partial charge in [-0.1, -0.05) is 25.0 Å². The Morgan fingerprint density at radius 3 is 2.50 bits per heavy atom. The fourth-order valence-electron chi connectivity index (χ4n) is 2.70. The van der Waals surface area contributed by atoms with Crippen molar-refractivity contribution < 1.29 is 14.7 Å². The number of benzene rings is 1. The summed E-state index contributed by atoms with van der Waals surface area (Å²) in [5, 5.41) is 14.0. The van der Waals surface area contributed by atoms with Gasteiger partial charge in [-0.15, -0.1) is 11.8 Å². The van der Waals surface area contributed by atoms with E-state index in [4.69, 9.17) is 0 Å². The number of hydrogen-bond acceptors (Lipinski definition) is 4. The number of carbonyl (C=O) groups is 2. The summed E-state index contributed by atoms with van der Waals surface area (Å²) in [4.78, 5) is 24.5. The van der Waals surface area contributed by atoms with Crippen LogP contribution in [0.25, 0.3) is 0 Å². The molecule has 1 aromatic carbocycles. The number of hydrogen-bond donors (Lipinski definition) is 1. The molecule has 0 radical (unpaired) electrons. The van der Waals surface area contributed by atoms with Gasteiger partial charge in [-0.2, -0.15) is 0 Å². The molecule has 1 fully saturated rings. The van der Waals surface area contributed by atoms with Crippen molar-refractivity contribution in [2.24, 2.45) is 11.8 Å². The second-order valence-electron chi connectivity index (χ2n) is 5.01. The summed E-state index contributed by atoms with van der Waals surface area (Å²) in [5.41, 5.74) is 0.743. The van der Waals surface area contributed by atoms with Gasteiger partial charge in [0.1, 0.15) is 0 Å². The van der Waals surface area contributed by atoms with Crippen molar-refractivity contribution in [2.75, 3.05) is 11.6 Å². The van der Waals surface area contributed by atoms with Gasteiger partial charge in [-0.05, 0) is 31.2 Å². The van der Waals surface area contributed by atoms with Gasteiger partial charge in [-0.25, -0.2) is 0 Å². The molecule has 1 aliphatic rings. The summed E-state index contributed by atoms with van der Waals surface area (Å²) in [6, 6.07) is 7.52. The molecule has 0 saturated heterocycles. The van der Waals surface area contributed by atoms with Crippen LogP contribution in [-0.4, -0.2) is 18.1 Å². The number of nitrogens with one attached hydrogen (secondary N) is 1. The Balaban J connectivity index is 2.12. The second-order valence-corrected chi connectivity index (χ2v) is 5.85. The number of carboxylic acid groups (broad SMARTS) is 1. The molecule has 4 nitrogen and oxygen atoms in total. The highest BCUT2D eigenvalue weighted by Crippen LogP contribution is 2.32. The first kappa shape index (κ1) is 14.9. The molecule has 5 heteroatoms. The minimum absolute atomic E-state index is 0.208. The molecule has 0 aliphatic heterocycles. The summed E-state index contributed by atoms with van der Waals surface area (Å²) in [6.45, 7) is 0. The van der Waals surface area contributed by atoms with E-state index in [1.54, 1.807) is 11.8 Å². The summed E-state index contributed by atoms with van der Waals surface area (Å²) in [7, 11) is 0. The van der Waals surface area contributed by atoms with E-state index < -0.39 is 17.8 Å². The van der Waals surface area contributed by atoms with Crippen LogP contribution in [0, 0.1) is 11.8 Å². The zero-order valence-electron chi connectivity index (χ0n) is 11.4. The van der Waals surface area contributed by atoms with E-state index in [9.17, 15) is 14.7 Å². The molecule has 108 valence electrons. The maximum atomic E-state index is 12.3. The summed E-state index contributed by atoms with van der Waals surface area (Å²) in [6.07, 6.45) is 4.84. The van der Waals surface area contributed by atoms with Crippen molar-refractivity contribution in [3.63, 3.8) is 0 Å². The van der Waals surface area contributed by atoms with Crippen LogP contribution in [0.4, 0.5) is 5.69 Å². The van der Waals surface area contributed by atoms with Gasteiger partial charge in [0.15, 0.2) is 0 Å². The fraction of sp³-hybridized carbons (Fsp3) is 0.467. The number of rotatable bonds is 4. The monoisotopic (exact) mass is 292 g/mol. The first-order chi connectivity index (χ1) is 9.63. The molecule has 2 atom stereocenters. The van der Waals surface area contributed by atoms with Gasteiger partial charge in [0.05, 0.1) is 5.69 Å². The molecule has 0 heterocycles. The van der Waals surface area contributed by atoms with Crippen molar-refractivity contribution in [3.8, 4) is 0 Å². The normalized spacial score (nSPS) is 22.2. The smallest absolute Gasteiger partial charge is 0.228 e. The van der Waals surface area contributed by atoms with Crippen LogP contribution in [0.1, 0.15) is 25.7 Å². The Hall–Kier alpha value is -1.49. The standard InChI is InChI=1S/C15H19NO3S/c1-20-13-9-5-4-8-12(13)16-14(17)10-6-2-3-7-11(10)15(18)19/h4-5,8-11H,2-3,6-7H2,1H3,(H,16,17)(H,18,19)/p-1/t10-,11-/m0/s1. The van der Waals surface area contributed by atoms with Gasteiger partial charge in [0, 0.05) is 22.7 Å². The van der Waals surface area contributed by atoms with E-state index >= 15 is 0 Å². The van der Waals surface area contributed by atoms with Crippen molar-refractivity contribution in [2.45, 2.75) is 30.6 Å². The average molecular weight is 292 g/mol. The highest BCUT2D eigenvalue weighted by Gasteiger charge is 2.31. The highest BCUT2D eigenvalue weighted by atomic mass is 32.2. The van der Waals surface area contributed by atoms with Crippen molar-refractivity contribution >= 4 is 29.3 Å². The zero-order chi connectivity index (χ0) is 14.5.